The number of benzene rings is 5. The quantitative estimate of drug-likeness (QED) is 0.0686. The molecular weight excluding hydrogens is 719 g/mol. The van der Waals surface area contributed by atoms with Crippen molar-refractivity contribution in [1.29, 1.82) is 0 Å². The van der Waals surface area contributed by atoms with E-state index in [9.17, 15) is 9.59 Å². The minimum atomic E-state index is -0.542. The summed E-state index contributed by atoms with van der Waals surface area (Å²) in [6.07, 6.45) is 10.2. The third kappa shape index (κ3) is 6.08. The predicted octanol–water partition coefficient (Wildman–Crippen LogP) is 9.86. The highest BCUT2D eigenvalue weighted by Crippen LogP contribution is 2.45. The summed E-state index contributed by atoms with van der Waals surface area (Å²) in [5, 5.41) is 11.4. The molecule has 5 atom stereocenters. The zero-order valence-electron chi connectivity index (χ0n) is 32.2. The van der Waals surface area contributed by atoms with Crippen molar-refractivity contribution in [2.24, 2.45) is 11.8 Å². The zero-order valence-corrected chi connectivity index (χ0v) is 32.2. The van der Waals surface area contributed by atoms with Gasteiger partial charge in [-0.1, -0.05) is 84.9 Å². The highest BCUT2D eigenvalue weighted by Gasteiger charge is 2.43. The minimum absolute atomic E-state index is 0.0718. The summed E-state index contributed by atoms with van der Waals surface area (Å²) in [6.45, 7) is 6.03. The normalized spacial score (nSPS) is 19.8. The number of ether oxygens (including phenoxy) is 1. The third-order valence-corrected chi connectivity index (χ3v) is 12.5. The Morgan fingerprint density at radius 3 is 2.50 bits per heavy atom. The number of hydrogen-bond donors (Lipinski definition) is 3. The maximum absolute atomic E-state index is 13.9. The van der Waals surface area contributed by atoms with Crippen LogP contribution in [0.25, 0.3) is 44.2 Å². The van der Waals surface area contributed by atoms with Crippen LogP contribution in [0.4, 0.5) is 17.1 Å². The monoisotopic (exact) mass is 761 g/mol. The van der Waals surface area contributed by atoms with Gasteiger partial charge in [0.15, 0.2) is 0 Å². The van der Waals surface area contributed by atoms with Crippen LogP contribution in [0.2, 0.25) is 0 Å². The summed E-state index contributed by atoms with van der Waals surface area (Å²) >= 11 is 0. The number of fused-ring (bicyclic) bond motifs is 6. The molecule has 3 aliphatic heterocycles. The van der Waals surface area contributed by atoms with E-state index in [1.165, 1.54) is 0 Å². The van der Waals surface area contributed by atoms with Gasteiger partial charge in [0.1, 0.15) is 17.1 Å². The first-order valence-electron chi connectivity index (χ1n) is 20.0. The van der Waals surface area contributed by atoms with E-state index >= 15 is 0 Å². The molecule has 0 spiro atoms. The Balaban J connectivity index is 1.12. The molecule has 8 heteroatoms. The fourth-order valence-corrected chi connectivity index (χ4v) is 9.55. The first kappa shape index (κ1) is 35.6. The maximum atomic E-state index is 13.9. The van der Waals surface area contributed by atoms with Crippen LogP contribution in [-0.2, 0) is 0 Å². The lowest BCUT2D eigenvalue weighted by Crippen LogP contribution is -2.56. The average Bonchev–Trinajstić information content (AvgIpc) is 3.72. The molecule has 2 bridgehead atoms. The lowest BCUT2D eigenvalue weighted by molar-refractivity contribution is 0.0105. The van der Waals surface area contributed by atoms with E-state index in [4.69, 9.17) is 4.74 Å². The zero-order chi connectivity index (χ0) is 39.3. The summed E-state index contributed by atoms with van der Waals surface area (Å²) in [5.74, 6) is 1.64. The molecule has 3 aliphatic rings. The molecule has 0 saturated carbocycles. The van der Waals surface area contributed by atoms with Crippen LogP contribution in [0.3, 0.4) is 0 Å². The van der Waals surface area contributed by atoms with Crippen molar-refractivity contribution in [3.63, 3.8) is 0 Å². The average molecular weight is 762 g/mol. The molecule has 6 aromatic carbocycles. The van der Waals surface area contributed by atoms with Crippen LogP contribution in [0.1, 0.15) is 41.1 Å². The number of para-hydroxylation sites is 1. The molecule has 0 aliphatic carbocycles. The minimum Gasteiger partial charge on any atom is -0.497 e. The van der Waals surface area contributed by atoms with Crippen LogP contribution in [0.5, 0.6) is 5.75 Å². The number of rotatable bonds is 11. The summed E-state index contributed by atoms with van der Waals surface area (Å²) in [6, 6.07) is 38.6. The Morgan fingerprint density at radius 1 is 0.897 bits per heavy atom. The van der Waals surface area contributed by atoms with Gasteiger partial charge in [-0.2, -0.15) is 0 Å². The van der Waals surface area contributed by atoms with Gasteiger partial charge < -0.3 is 20.4 Å². The standard InChI is InChI=1S/C50H43N5O3/c1-3-31-29-55-24-22-33(31)26-44(55)46(37-21-23-51-42-20-18-34(58-2)27-38(37)42)54-48-47(49(56)50(48)57)53-43-19-17-32-13-7-8-14-35(32)45(43)39(25-30-11-5-4-6-12-30)40-28-52-41-16-10-9-15-36(40)41/h3-21,23,25,27-28,31,33,44,46,52-54H,1,22,24,26,29H2,2H3/b39-25-/t31-,33-,44+,46-/m0/s1. The molecular formula is C50H43N5O3. The molecule has 286 valence electrons. The number of H-pyrrole nitrogens is 1. The number of aromatic nitrogens is 2. The highest BCUT2D eigenvalue weighted by atomic mass is 16.5. The second-order valence-electron chi connectivity index (χ2n) is 15.6. The molecule has 8 aromatic rings. The Bertz CT molecular complexity index is 2960. The van der Waals surface area contributed by atoms with E-state index in [1.807, 2.05) is 79.0 Å². The summed E-state index contributed by atoms with van der Waals surface area (Å²) in [5.41, 5.74) is 7.07. The van der Waals surface area contributed by atoms with Gasteiger partial charge >= 0.3 is 0 Å². The number of pyridine rings is 1. The fraction of sp³-hybridized carbons (Fsp3) is 0.180. The van der Waals surface area contributed by atoms with Crippen LogP contribution < -0.4 is 26.2 Å². The highest BCUT2D eigenvalue weighted by molar-refractivity contribution is 6.11. The predicted molar refractivity (Wildman–Crippen MR) is 237 cm³/mol. The second kappa shape index (κ2) is 14.6. The number of aromatic amines is 1. The number of nitrogens with zero attached hydrogens (tertiary/aromatic N) is 2. The van der Waals surface area contributed by atoms with E-state index in [1.54, 1.807) is 7.11 Å². The van der Waals surface area contributed by atoms with Crippen molar-refractivity contribution in [3.05, 3.63) is 183 Å². The Hall–Kier alpha value is -6.77. The van der Waals surface area contributed by atoms with Crippen LogP contribution in [0, 0.1) is 11.8 Å². The molecule has 2 aromatic heterocycles. The van der Waals surface area contributed by atoms with Crippen molar-refractivity contribution >= 4 is 61.3 Å². The molecule has 0 amide bonds. The topological polar surface area (TPSA) is 99.3 Å². The number of anilines is 3. The Labute approximate surface area is 336 Å². The fourth-order valence-electron chi connectivity index (χ4n) is 9.55. The van der Waals surface area contributed by atoms with E-state index in [0.717, 1.165) is 97.8 Å². The van der Waals surface area contributed by atoms with E-state index < -0.39 is 10.9 Å². The van der Waals surface area contributed by atoms with E-state index in [0.29, 0.717) is 17.5 Å². The van der Waals surface area contributed by atoms with Crippen LogP contribution in [-0.4, -0.2) is 41.1 Å². The third-order valence-electron chi connectivity index (χ3n) is 12.5. The maximum Gasteiger partial charge on any atom is 0.253 e. The van der Waals surface area contributed by atoms with Crippen molar-refractivity contribution in [1.82, 2.24) is 14.9 Å². The first-order chi connectivity index (χ1) is 28.5. The number of piperidine rings is 3. The van der Waals surface area contributed by atoms with Gasteiger partial charge in [0.25, 0.3) is 10.9 Å². The lowest BCUT2D eigenvalue weighted by Gasteiger charge is -2.52. The number of methoxy groups -OCH3 is 1. The molecule has 3 fully saturated rings. The summed E-state index contributed by atoms with van der Waals surface area (Å²) in [7, 11) is 1.66. The van der Waals surface area contributed by atoms with Crippen LogP contribution >= 0.6 is 0 Å². The number of nitrogens with one attached hydrogen (secondary N) is 3. The molecule has 3 saturated heterocycles. The van der Waals surface area contributed by atoms with Gasteiger partial charge in [-0.15, -0.1) is 6.58 Å². The van der Waals surface area contributed by atoms with Gasteiger partial charge in [0, 0.05) is 58.1 Å². The van der Waals surface area contributed by atoms with E-state index in [2.05, 4.69) is 92.9 Å². The van der Waals surface area contributed by atoms with Gasteiger partial charge in [0.05, 0.1) is 18.7 Å². The molecule has 58 heavy (non-hydrogen) atoms. The summed E-state index contributed by atoms with van der Waals surface area (Å²) in [4.78, 5) is 38.4. The van der Waals surface area contributed by atoms with Gasteiger partial charge in [-0.3, -0.25) is 19.5 Å². The van der Waals surface area contributed by atoms with Crippen molar-refractivity contribution in [2.45, 2.75) is 24.9 Å². The van der Waals surface area contributed by atoms with Crippen molar-refractivity contribution in [2.75, 3.05) is 30.8 Å². The summed E-state index contributed by atoms with van der Waals surface area (Å²) < 4.78 is 5.66. The van der Waals surface area contributed by atoms with Crippen molar-refractivity contribution < 1.29 is 4.74 Å². The first-order valence-corrected chi connectivity index (χ1v) is 20.0. The molecule has 8 nitrogen and oxygen atoms in total. The lowest BCUT2D eigenvalue weighted by atomic mass is 9.73. The van der Waals surface area contributed by atoms with Crippen LogP contribution in [0.15, 0.2) is 150 Å². The Morgan fingerprint density at radius 2 is 1.69 bits per heavy atom. The largest absolute Gasteiger partial charge is 0.497 e. The van der Waals surface area contributed by atoms with Gasteiger partial charge in [0.2, 0.25) is 0 Å². The molecule has 11 rings (SSSR count). The smallest absolute Gasteiger partial charge is 0.253 e. The number of hydrogen-bond acceptors (Lipinski definition) is 7. The molecule has 3 N–H and O–H groups in total. The van der Waals surface area contributed by atoms with Crippen molar-refractivity contribution in [3.8, 4) is 5.75 Å². The second-order valence-corrected chi connectivity index (χ2v) is 15.6. The van der Waals surface area contributed by atoms with Gasteiger partial charge in [-0.25, -0.2) is 0 Å². The van der Waals surface area contributed by atoms with E-state index in [-0.39, 0.29) is 17.8 Å². The molecule has 5 heterocycles. The molecule has 1 unspecified atom stereocenters. The molecule has 0 radical (unpaired) electrons. The SMILES string of the molecule is C=C[C@H]1CN2CC[C@H]1C[C@@H]2[C@@H](Nc1c(Nc2ccc3ccccc3c2/C(=C\c2ccccc2)c2c[nH]c3ccccc23)c(=O)c1=O)c1ccnc2ccc(OC)cc12. The Kier molecular flexibility index (Phi) is 8.99. The van der Waals surface area contributed by atoms with Gasteiger partial charge in [-0.05, 0) is 101 Å².